The van der Waals surface area contributed by atoms with Crippen LogP contribution in [0.25, 0.3) is 0 Å². The molecule has 0 aliphatic carbocycles. The maximum Gasteiger partial charge on any atom is 0.255 e. The van der Waals surface area contributed by atoms with Gasteiger partial charge in [0.05, 0.1) is 18.2 Å². The normalized spacial score (nSPS) is 19.9. The number of ether oxygens (including phenoxy) is 1. The van der Waals surface area contributed by atoms with Gasteiger partial charge in [0, 0.05) is 6.61 Å². The number of phenolic OH excluding ortho intramolecular Hbond substituents is 2. The van der Waals surface area contributed by atoms with Crippen molar-refractivity contribution in [1.82, 2.24) is 5.32 Å². The Bertz CT molecular complexity index is 413. The fraction of sp³-hybridized carbons (Fsp3) is 0.417. The largest absolute Gasteiger partial charge is 0.508 e. The Morgan fingerprint density at radius 2 is 2.24 bits per heavy atom. The Kier molecular flexibility index (Phi) is 3.49. The van der Waals surface area contributed by atoms with Gasteiger partial charge >= 0.3 is 0 Å². The quantitative estimate of drug-likeness (QED) is 0.671. The molecule has 2 rings (SSSR count). The van der Waals surface area contributed by atoms with Crippen molar-refractivity contribution >= 4 is 5.91 Å². The highest BCUT2D eigenvalue weighted by molar-refractivity contribution is 5.97. The van der Waals surface area contributed by atoms with Crippen molar-refractivity contribution in [1.29, 1.82) is 0 Å². The van der Waals surface area contributed by atoms with Gasteiger partial charge < -0.3 is 20.3 Å². The van der Waals surface area contributed by atoms with Gasteiger partial charge in [-0.1, -0.05) is 0 Å². The number of nitrogens with one attached hydrogen (secondary N) is 1. The number of carbonyl (C=O) groups is 1. The first-order valence-electron chi connectivity index (χ1n) is 5.57. The first-order chi connectivity index (χ1) is 8.16. The zero-order valence-electron chi connectivity index (χ0n) is 9.35. The third kappa shape index (κ3) is 2.88. The number of hydrogen-bond donors (Lipinski definition) is 3. The van der Waals surface area contributed by atoms with Gasteiger partial charge in [-0.3, -0.25) is 4.79 Å². The van der Waals surface area contributed by atoms with Crippen LogP contribution in [0, 0.1) is 0 Å². The number of hydrogen-bond acceptors (Lipinski definition) is 4. The molecule has 1 aliphatic heterocycles. The van der Waals surface area contributed by atoms with Crippen LogP contribution in [0.4, 0.5) is 0 Å². The molecule has 0 aromatic heterocycles. The van der Waals surface area contributed by atoms with E-state index in [0.29, 0.717) is 6.61 Å². The molecule has 1 atom stereocenters. The summed E-state index contributed by atoms with van der Waals surface area (Å²) in [5.74, 6) is -0.584. The van der Waals surface area contributed by atoms with Crippen molar-refractivity contribution in [3.63, 3.8) is 0 Å². The maximum atomic E-state index is 11.8. The van der Waals surface area contributed by atoms with Crippen molar-refractivity contribution < 1.29 is 19.7 Å². The van der Waals surface area contributed by atoms with Crippen LogP contribution in [0.15, 0.2) is 18.2 Å². The molecule has 1 heterocycles. The molecule has 5 heteroatoms. The second-order valence-corrected chi connectivity index (χ2v) is 4.09. The van der Waals surface area contributed by atoms with E-state index < -0.39 is 5.91 Å². The molecule has 1 aliphatic rings. The summed E-state index contributed by atoms with van der Waals surface area (Å²) in [6.07, 6.45) is 1.78. The van der Waals surface area contributed by atoms with Gasteiger partial charge in [0.2, 0.25) is 0 Å². The fourth-order valence-corrected chi connectivity index (χ4v) is 1.82. The number of rotatable bonds is 2. The van der Waals surface area contributed by atoms with E-state index in [1.807, 2.05) is 0 Å². The highest BCUT2D eigenvalue weighted by Gasteiger charge is 2.19. The molecule has 1 saturated heterocycles. The highest BCUT2D eigenvalue weighted by atomic mass is 16.5. The molecule has 1 fully saturated rings. The average molecular weight is 237 g/mol. The Morgan fingerprint density at radius 3 is 2.94 bits per heavy atom. The number of carbonyl (C=O) groups excluding carboxylic acids is 1. The lowest BCUT2D eigenvalue weighted by molar-refractivity contribution is 0.0623. The van der Waals surface area contributed by atoms with Gasteiger partial charge in [0.1, 0.15) is 11.5 Å². The van der Waals surface area contributed by atoms with Crippen molar-refractivity contribution in [2.75, 3.05) is 13.2 Å². The van der Waals surface area contributed by atoms with E-state index in [1.54, 1.807) is 0 Å². The van der Waals surface area contributed by atoms with Crippen LogP contribution in [-0.2, 0) is 4.74 Å². The number of aromatic hydroxyl groups is 2. The molecule has 0 radical (unpaired) electrons. The molecule has 3 N–H and O–H groups in total. The second kappa shape index (κ2) is 5.05. The lowest BCUT2D eigenvalue weighted by Crippen LogP contribution is -2.40. The zero-order chi connectivity index (χ0) is 12.3. The standard InChI is InChI=1S/C12H15NO4/c14-9-3-4-11(15)10(6-9)12(16)13-8-2-1-5-17-7-8/h3-4,6,8,14-15H,1-2,5,7H2,(H,13,16). The summed E-state index contributed by atoms with van der Waals surface area (Å²) >= 11 is 0. The van der Waals surface area contributed by atoms with Gasteiger partial charge in [-0.15, -0.1) is 0 Å². The Balaban J connectivity index is 2.05. The van der Waals surface area contributed by atoms with Crippen molar-refractivity contribution in [3.8, 4) is 11.5 Å². The summed E-state index contributed by atoms with van der Waals surface area (Å²) < 4.78 is 5.25. The van der Waals surface area contributed by atoms with Crippen LogP contribution in [0.5, 0.6) is 11.5 Å². The van der Waals surface area contributed by atoms with E-state index in [9.17, 15) is 15.0 Å². The minimum atomic E-state index is -0.395. The molecule has 1 amide bonds. The first-order valence-corrected chi connectivity index (χ1v) is 5.57. The highest BCUT2D eigenvalue weighted by Crippen LogP contribution is 2.22. The van der Waals surface area contributed by atoms with E-state index in [2.05, 4.69) is 5.32 Å². The summed E-state index contributed by atoms with van der Waals surface area (Å²) in [6.45, 7) is 1.22. The molecular formula is C12H15NO4. The first kappa shape index (κ1) is 11.7. The smallest absolute Gasteiger partial charge is 0.255 e. The average Bonchev–Trinajstić information content (AvgIpc) is 2.33. The monoisotopic (exact) mass is 237 g/mol. The third-order valence-corrected chi connectivity index (χ3v) is 2.72. The number of amides is 1. The molecule has 1 aromatic carbocycles. The molecule has 0 saturated carbocycles. The minimum Gasteiger partial charge on any atom is -0.508 e. The zero-order valence-corrected chi connectivity index (χ0v) is 9.35. The van der Waals surface area contributed by atoms with Gasteiger partial charge in [0.25, 0.3) is 5.91 Å². The summed E-state index contributed by atoms with van der Waals surface area (Å²) in [5.41, 5.74) is 0.0792. The predicted octanol–water partition coefficient (Wildman–Crippen LogP) is 1.01. The fourth-order valence-electron chi connectivity index (χ4n) is 1.82. The summed E-state index contributed by atoms with van der Waals surface area (Å²) in [4.78, 5) is 11.8. The van der Waals surface area contributed by atoms with Crippen LogP contribution >= 0.6 is 0 Å². The van der Waals surface area contributed by atoms with Gasteiger partial charge in [0.15, 0.2) is 0 Å². The van der Waals surface area contributed by atoms with Crippen molar-refractivity contribution in [3.05, 3.63) is 23.8 Å². The maximum absolute atomic E-state index is 11.8. The van der Waals surface area contributed by atoms with Crippen molar-refractivity contribution in [2.24, 2.45) is 0 Å². The van der Waals surface area contributed by atoms with Crippen LogP contribution in [0.1, 0.15) is 23.2 Å². The molecular weight excluding hydrogens is 222 g/mol. The summed E-state index contributed by atoms with van der Waals surface area (Å²) in [5, 5.41) is 21.6. The Labute approximate surface area is 99.0 Å². The van der Waals surface area contributed by atoms with E-state index in [0.717, 1.165) is 19.4 Å². The van der Waals surface area contributed by atoms with E-state index >= 15 is 0 Å². The van der Waals surface area contributed by atoms with E-state index in [4.69, 9.17) is 4.74 Å². The topological polar surface area (TPSA) is 78.8 Å². The number of benzene rings is 1. The van der Waals surface area contributed by atoms with Gasteiger partial charge in [-0.2, -0.15) is 0 Å². The Morgan fingerprint density at radius 1 is 1.41 bits per heavy atom. The summed E-state index contributed by atoms with van der Waals surface area (Å²) in [7, 11) is 0. The molecule has 17 heavy (non-hydrogen) atoms. The lowest BCUT2D eigenvalue weighted by atomic mass is 10.1. The Hall–Kier alpha value is -1.75. The molecule has 5 nitrogen and oxygen atoms in total. The molecule has 1 aromatic rings. The lowest BCUT2D eigenvalue weighted by Gasteiger charge is -2.23. The predicted molar refractivity (Wildman–Crippen MR) is 61.1 cm³/mol. The second-order valence-electron chi connectivity index (χ2n) is 4.09. The SMILES string of the molecule is O=C(NC1CCCOC1)c1cc(O)ccc1O. The third-order valence-electron chi connectivity index (χ3n) is 2.72. The van der Waals surface area contributed by atoms with Crippen LogP contribution in [0.3, 0.4) is 0 Å². The number of phenols is 2. The minimum absolute atomic E-state index is 0.0296. The molecule has 92 valence electrons. The molecule has 0 spiro atoms. The van der Waals surface area contributed by atoms with Crippen LogP contribution in [0.2, 0.25) is 0 Å². The summed E-state index contributed by atoms with van der Waals surface area (Å²) in [6, 6.07) is 3.84. The van der Waals surface area contributed by atoms with E-state index in [-0.39, 0.29) is 23.1 Å². The van der Waals surface area contributed by atoms with Crippen LogP contribution < -0.4 is 5.32 Å². The van der Waals surface area contributed by atoms with Crippen molar-refractivity contribution in [2.45, 2.75) is 18.9 Å². The van der Waals surface area contributed by atoms with Crippen LogP contribution in [-0.4, -0.2) is 35.4 Å². The molecule has 0 bridgehead atoms. The van der Waals surface area contributed by atoms with Gasteiger partial charge in [-0.05, 0) is 31.0 Å². The van der Waals surface area contributed by atoms with Gasteiger partial charge in [-0.25, -0.2) is 0 Å². The van der Waals surface area contributed by atoms with E-state index in [1.165, 1.54) is 18.2 Å². The molecule has 1 unspecified atom stereocenters.